The third kappa shape index (κ3) is 4.92. The van der Waals surface area contributed by atoms with Crippen LogP contribution in [0.1, 0.15) is 27.7 Å². The van der Waals surface area contributed by atoms with Gasteiger partial charge in [-0.15, -0.1) is 0 Å². The molecule has 4 nitrogen and oxygen atoms in total. The summed E-state index contributed by atoms with van der Waals surface area (Å²) in [7, 11) is 0. The molecule has 0 aromatic heterocycles. The summed E-state index contributed by atoms with van der Waals surface area (Å²) in [5, 5.41) is 15.4. The van der Waals surface area contributed by atoms with Crippen molar-refractivity contribution < 1.29 is 0 Å². The Morgan fingerprint density at radius 2 is 1.80 bits per heavy atom. The normalized spacial score (nSPS) is 12.2. The molecule has 0 spiro atoms. The lowest BCUT2D eigenvalue weighted by Gasteiger charge is -2.25. The van der Waals surface area contributed by atoms with Crippen molar-refractivity contribution in [2.45, 2.75) is 33.2 Å². The van der Waals surface area contributed by atoms with Gasteiger partial charge in [-0.1, -0.05) is 37.0 Å². The Balaban J connectivity index is 3.04. The number of benzene rings is 1. The summed E-state index contributed by atoms with van der Waals surface area (Å²) < 4.78 is 0. The summed E-state index contributed by atoms with van der Waals surface area (Å²) in [6.07, 6.45) is 1.87. The van der Waals surface area contributed by atoms with Gasteiger partial charge in [-0.05, 0) is 38.0 Å². The lowest BCUT2D eigenvalue weighted by Crippen LogP contribution is -2.34. The molecule has 108 valence electrons. The van der Waals surface area contributed by atoms with Gasteiger partial charge in [0.25, 0.3) is 0 Å². The van der Waals surface area contributed by atoms with Gasteiger partial charge >= 0.3 is 0 Å². The van der Waals surface area contributed by atoms with Gasteiger partial charge in [0.2, 0.25) is 5.96 Å². The average molecular weight is 313 g/mol. The van der Waals surface area contributed by atoms with E-state index < -0.39 is 0 Å². The molecule has 0 aliphatic rings. The average Bonchev–Trinajstić information content (AvgIpc) is 2.26. The van der Waals surface area contributed by atoms with Crippen LogP contribution in [-0.4, -0.2) is 11.5 Å². The first kappa shape index (κ1) is 16.6. The highest BCUT2D eigenvalue weighted by atomic mass is 35.5. The van der Waals surface area contributed by atoms with Crippen molar-refractivity contribution in [2.24, 2.45) is 10.9 Å². The van der Waals surface area contributed by atoms with Gasteiger partial charge in [0.05, 0.1) is 5.54 Å². The molecule has 0 fully saturated rings. The first-order valence-electron chi connectivity index (χ1n) is 6.22. The predicted octanol–water partition coefficient (Wildman–Crippen LogP) is 4.27. The second-order valence-corrected chi connectivity index (χ2v) is 6.16. The quantitative estimate of drug-likeness (QED) is 0.379. The van der Waals surface area contributed by atoms with Crippen LogP contribution in [0.3, 0.4) is 0 Å². The minimum atomic E-state index is -0.311. The minimum absolute atomic E-state index is 0.311. The summed E-state index contributed by atoms with van der Waals surface area (Å²) >= 11 is 11.9. The summed E-state index contributed by atoms with van der Waals surface area (Å²) in [6, 6.07) is 5.07. The van der Waals surface area contributed by atoms with Gasteiger partial charge < -0.3 is 5.32 Å². The molecule has 0 aliphatic heterocycles. The Labute approximate surface area is 129 Å². The van der Waals surface area contributed by atoms with E-state index in [0.29, 0.717) is 27.6 Å². The number of nitriles is 1. The second-order valence-electron chi connectivity index (χ2n) is 5.29. The van der Waals surface area contributed by atoms with Gasteiger partial charge in [-0.2, -0.15) is 5.26 Å². The van der Waals surface area contributed by atoms with Gasteiger partial charge in [0.1, 0.15) is 0 Å². The van der Waals surface area contributed by atoms with Crippen LogP contribution in [0.5, 0.6) is 0 Å². The molecule has 0 bridgehead atoms. The zero-order valence-electron chi connectivity index (χ0n) is 12.0. The number of rotatable bonds is 3. The van der Waals surface area contributed by atoms with Crippen LogP contribution in [-0.2, 0) is 0 Å². The van der Waals surface area contributed by atoms with Crippen LogP contribution >= 0.6 is 23.2 Å². The molecule has 1 aromatic carbocycles. The maximum absolute atomic E-state index is 8.83. The van der Waals surface area contributed by atoms with Crippen LogP contribution in [0.4, 0.5) is 5.69 Å². The van der Waals surface area contributed by atoms with E-state index in [1.807, 2.05) is 20.0 Å². The van der Waals surface area contributed by atoms with Crippen molar-refractivity contribution in [3.8, 4) is 6.19 Å². The Kier molecular flexibility index (Phi) is 5.67. The number of anilines is 1. The van der Waals surface area contributed by atoms with Gasteiger partial charge in [0, 0.05) is 15.7 Å². The molecule has 0 saturated carbocycles. The molecule has 20 heavy (non-hydrogen) atoms. The third-order valence-corrected chi connectivity index (χ3v) is 3.55. The zero-order valence-corrected chi connectivity index (χ0v) is 13.5. The van der Waals surface area contributed by atoms with E-state index in [1.54, 1.807) is 18.2 Å². The minimum Gasteiger partial charge on any atom is -0.325 e. The molecule has 1 rings (SSSR count). The van der Waals surface area contributed by atoms with E-state index in [0.717, 1.165) is 0 Å². The first-order chi connectivity index (χ1) is 9.24. The fourth-order valence-electron chi connectivity index (χ4n) is 1.32. The number of hydrogen-bond donors (Lipinski definition) is 2. The Morgan fingerprint density at radius 1 is 1.25 bits per heavy atom. The number of aliphatic imine (C=N–C) groups is 1. The molecule has 0 unspecified atom stereocenters. The second kappa shape index (κ2) is 6.83. The number of guanidine groups is 1. The highest BCUT2D eigenvalue weighted by molar-refractivity contribution is 6.35. The summed E-state index contributed by atoms with van der Waals surface area (Å²) in [5.41, 5.74) is 0.359. The lowest BCUT2D eigenvalue weighted by molar-refractivity contribution is 0.376. The van der Waals surface area contributed by atoms with E-state index >= 15 is 0 Å². The van der Waals surface area contributed by atoms with Crippen molar-refractivity contribution in [2.75, 3.05) is 5.32 Å². The standard InChI is InChI=1S/C14H18Cl2N4/c1-9(2)14(3,4)20-13(18-8-17)19-12-6-10(15)5-11(16)7-12/h5-7,9H,1-4H3,(H2,18,19,20). The number of nitrogens with one attached hydrogen (secondary N) is 2. The molecule has 0 saturated heterocycles. The van der Waals surface area contributed by atoms with Crippen LogP contribution in [0, 0.1) is 17.4 Å². The third-order valence-electron chi connectivity index (χ3n) is 3.11. The SMILES string of the molecule is CC(C)C(C)(C)/N=C(\NC#N)Nc1cc(Cl)cc(Cl)c1. The number of nitrogens with zero attached hydrogens (tertiary/aromatic N) is 2. The molecule has 0 atom stereocenters. The summed E-state index contributed by atoms with van der Waals surface area (Å²) in [5.74, 6) is 0.687. The molecular formula is C14H18Cl2N4. The molecule has 1 aromatic rings. The van der Waals surface area contributed by atoms with E-state index in [-0.39, 0.29) is 5.54 Å². The predicted molar refractivity (Wildman–Crippen MR) is 85.2 cm³/mol. The molecule has 2 N–H and O–H groups in total. The number of halogens is 2. The highest BCUT2D eigenvalue weighted by Crippen LogP contribution is 2.24. The fourth-order valence-corrected chi connectivity index (χ4v) is 1.85. The van der Waals surface area contributed by atoms with Gasteiger partial charge in [0.15, 0.2) is 6.19 Å². The molecule has 0 aliphatic carbocycles. The molecule has 0 amide bonds. The van der Waals surface area contributed by atoms with E-state index in [4.69, 9.17) is 28.5 Å². The highest BCUT2D eigenvalue weighted by Gasteiger charge is 2.22. The van der Waals surface area contributed by atoms with Gasteiger partial charge in [-0.3, -0.25) is 5.32 Å². The zero-order chi connectivity index (χ0) is 15.3. The van der Waals surface area contributed by atoms with Crippen LogP contribution < -0.4 is 10.6 Å². The van der Waals surface area contributed by atoms with Crippen molar-refractivity contribution in [3.63, 3.8) is 0 Å². The Hall–Kier alpha value is -1.44. The van der Waals surface area contributed by atoms with Crippen molar-refractivity contribution in [1.82, 2.24) is 5.32 Å². The largest absolute Gasteiger partial charge is 0.325 e. The first-order valence-corrected chi connectivity index (χ1v) is 6.98. The van der Waals surface area contributed by atoms with E-state index in [1.165, 1.54) is 0 Å². The molecule has 6 heteroatoms. The summed E-state index contributed by atoms with van der Waals surface area (Å²) in [6.45, 7) is 8.15. The Morgan fingerprint density at radius 3 is 2.25 bits per heavy atom. The van der Waals surface area contributed by atoms with Crippen molar-refractivity contribution in [1.29, 1.82) is 5.26 Å². The summed E-state index contributed by atoms with van der Waals surface area (Å²) in [4.78, 5) is 4.54. The van der Waals surface area contributed by atoms with Crippen LogP contribution in [0.15, 0.2) is 23.2 Å². The van der Waals surface area contributed by atoms with Crippen LogP contribution in [0.25, 0.3) is 0 Å². The number of hydrogen-bond acceptors (Lipinski definition) is 2. The molecule has 0 heterocycles. The van der Waals surface area contributed by atoms with Gasteiger partial charge in [-0.25, -0.2) is 4.99 Å². The monoisotopic (exact) mass is 312 g/mol. The Bertz CT molecular complexity index is 524. The van der Waals surface area contributed by atoms with Crippen LogP contribution in [0.2, 0.25) is 10.0 Å². The van der Waals surface area contributed by atoms with Crippen molar-refractivity contribution >= 4 is 34.8 Å². The maximum atomic E-state index is 8.83. The topological polar surface area (TPSA) is 60.2 Å². The maximum Gasteiger partial charge on any atom is 0.209 e. The van der Waals surface area contributed by atoms with Crippen molar-refractivity contribution in [3.05, 3.63) is 28.2 Å². The lowest BCUT2D eigenvalue weighted by atomic mass is 9.92. The smallest absolute Gasteiger partial charge is 0.209 e. The fraction of sp³-hybridized carbons (Fsp3) is 0.429. The molecular weight excluding hydrogens is 295 g/mol. The van der Waals surface area contributed by atoms with E-state index in [2.05, 4.69) is 29.5 Å². The molecule has 0 radical (unpaired) electrons. The van der Waals surface area contributed by atoms with E-state index in [9.17, 15) is 0 Å².